The Morgan fingerprint density at radius 2 is 2.22 bits per heavy atom. The highest BCUT2D eigenvalue weighted by Gasteiger charge is 1.87. The molecular formula is C5H10N2O2. The third-order valence-electron chi connectivity index (χ3n) is 0.358. The molecule has 0 aliphatic carbocycles. The minimum absolute atomic E-state index is 0.0694. The van der Waals surface area contributed by atoms with Gasteiger partial charge in [0.2, 0.25) is 0 Å². The molecule has 0 rings (SSSR count). The summed E-state index contributed by atoms with van der Waals surface area (Å²) < 4.78 is 0. The van der Waals surface area contributed by atoms with Crippen LogP contribution in [0.15, 0.2) is 0 Å². The molecule has 0 spiro atoms. The van der Waals surface area contributed by atoms with Crippen LogP contribution in [-0.4, -0.2) is 17.6 Å². The van der Waals surface area contributed by atoms with Crippen LogP contribution < -0.4 is 5.73 Å². The van der Waals surface area contributed by atoms with E-state index in [0.717, 1.165) is 0 Å². The van der Waals surface area contributed by atoms with Crippen LogP contribution in [0.5, 0.6) is 0 Å². The highest BCUT2D eigenvalue weighted by molar-refractivity contribution is 5.66. The maximum Gasteiger partial charge on any atom is 0.304 e. The molecule has 0 aliphatic rings. The molecule has 0 saturated carbocycles. The fourth-order valence-electron chi connectivity index (χ4n) is 0.123. The maximum absolute atomic E-state index is 9.52. The lowest BCUT2D eigenvalue weighted by Gasteiger charge is -1.80. The van der Waals surface area contributed by atoms with Gasteiger partial charge in [0, 0.05) is 13.5 Å². The van der Waals surface area contributed by atoms with Crippen LogP contribution in [0.25, 0.3) is 0 Å². The average Bonchev–Trinajstić information content (AvgIpc) is 1.67. The summed E-state index contributed by atoms with van der Waals surface area (Å²) in [6.45, 7) is 1.66. The van der Waals surface area contributed by atoms with E-state index in [2.05, 4.69) is 0 Å². The van der Waals surface area contributed by atoms with Gasteiger partial charge >= 0.3 is 5.97 Å². The Labute approximate surface area is 53.9 Å². The molecular weight excluding hydrogens is 120 g/mol. The number of carbonyl (C=O) groups is 1. The third kappa shape index (κ3) is 45.4. The summed E-state index contributed by atoms with van der Waals surface area (Å²) in [5.41, 5.74) is 4.85. The van der Waals surface area contributed by atoms with Crippen molar-refractivity contribution in [2.75, 3.05) is 6.54 Å². The number of rotatable bonds is 2. The lowest BCUT2D eigenvalue weighted by molar-refractivity contribution is -0.136. The molecule has 4 heteroatoms. The number of nitriles is 1. The predicted molar refractivity (Wildman–Crippen MR) is 32.6 cm³/mol. The van der Waals surface area contributed by atoms with E-state index in [1.54, 1.807) is 6.07 Å². The molecule has 0 aromatic heterocycles. The van der Waals surface area contributed by atoms with Gasteiger partial charge in [-0.05, 0) is 0 Å². The lowest BCUT2D eigenvalue weighted by Crippen LogP contribution is -2.05. The Balaban J connectivity index is 0. The van der Waals surface area contributed by atoms with Gasteiger partial charge in [0.05, 0.1) is 12.5 Å². The van der Waals surface area contributed by atoms with Crippen LogP contribution in [-0.2, 0) is 4.79 Å². The zero-order chi connectivity index (χ0) is 7.70. The first-order chi connectivity index (χ1) is 4.18. The number of hydrogen-bond donors (Lipinski definition) is 2. The van der Waals surface area contributed by atoms with Crippen LogP contribution in [0.3, 0.4) is 0 Å². The topological polar surface area (TPSA) is 87.1 Å². The second-order valence-corrected chi connectivity index (χ2v) is 1.16. The first-order valence-corrected chi connectivity index (χ1v) is 2.41. The van der Waals surface area contributed by atoms with E-state index < -0.39 is 5.97 Å². The molecule has 0 amide bonds. The van der Waals surface area contributed by atoms with Crippen LogP contribution in [0, 0.1) is 11.3 Å². The smallest absolute Gasteiger partial charge is 0.304 e. The molecule has 0 radical (unpaired) electrons. The van der Waals surface area contributed by atoms with Crippen molar-refractivity contribution in [1.82, 2.24) is 0 Å². The summed E-state index contributed by atoms with van der Waals surface area (Å²) in [4.78, 5) is 9.52. The fourth-order valence-corrected chi connectivity index (χ4v) is 0.123. The van der Waals surface area contributed by atoms with Gasteiger partial charge < -0.3 is 10.8 Å². The number of aliphatic carboxylic acids is 1. The highest BCUT2D eigenvalue weighted by Crippen LogP contribution is 1.67. The number of nitrogens with zero attached hydrogens (tertiary/aromatic N) is 1. The van der Waals surface area contributed by atoms with Gasteiger partial charge in [-0.3, -0.25) is 4.79 Å². The van der Waals surface area contributed by atoms with Crippen molar-refractivity contribution in [3.63, 3.8) is 0 Å². The van der Waals surface area contributed by atoms with Crippen LogP contribution in [0.4, 0.5) is 0 Å². The summed E-state index contributed by atoms with van der Waals surface area (Å²) in [5.74, 6) is -0.836. The van der Waals surface area contributed by atoms with E-state index in [4.69, 9.17) is 16.1 Å². The Hall–Kier alpha value is -1.08. The van der Waals surface area contributed by atoms with Gasteiger partial charge in [-0.25, -0.2) is 0 Å². The maximum atomic E-state index is 9.52. The molecule has 0 heterocycles. The molecule has 0 aliphatic heterocycles. The van der Waals surface area contributed by atoms with Crippen LogP contribution >= 0.6 is 0 Å². The van der Waals surface area contributed by atoms with Gasteiger partial charge in [0.15, 0.2) is 0 Å². The van der Waals surface area contributed by atoms with Crippen molar-refractivity contribution in [2.45, 2.75) is 13.3 Å². The first kappa shape index (κ1) is 10.8. The number of carboxylic acids is 1. The second kappa shape index (κ2) is 10.0. The summed E-state index contributed by atoms with van der Waals surface area (Å²) in [6, 6.07) is 1.75. The molecule has 0 atom stereocenters. The van der Waals surface area contributed by atoms with E-state index in [0.29, 0.717) is 0 Å². The SMILES string of the molecule is CC#N.NCCC(=O)O. The standard InChI is InChI=1S/C3H7NO2.C2H3N/c4-2-1-3(5)6;1-2-3/h1-2,4H2,(H,5,6);1H3. The normalized spacial score (nSPS) is 6.33. The first-order valence-electron chi connectivity index (χ1n) is 2.41. The quantitative estimate of drug-likeness (QED) is 0.548. The van der Waals surface area contributed by atoms with Gasteiger partial charge in [0.1, 0.15) is 0 Å². The van der Waals surface area contributed by atoms with E-state index in [9.17, 15) is 4.79 Å². The summed E-state index contributed by atoms with van der Waals surface area (Å²) in [7, 11) is 0. The van der Waals surface area contributed by atoms with Gasteiger partial charge in [-0.2, -0.15) is 5.26 Å². The summed E-state index contributed by atoms with van der Waals surface area (Å²) >= 11 is 0. The Morgan fingerprint density at radius 1 is 1.89 bits per heavy atom. The van der Waals surface area contributed by atoms with Crippen molar-refractivity contribution in [2.24, 2.45) is 5.73 Å². The molecule has 0 bridgehead atoms. The summed E-state index contributed by atoms with van der Waals surface area (Å²) in [6.07, 6.45) is 0.0694. The highest BCUT2D eigenvalue weighted by atomic mass is 16.4. The van der Waals surface area contributed by atoms with E-state index in [1.165, 1.54) is 6.92 Å². The van der Waals surface area contributed by atoms with Crippen molar-refractivity contribution < 1.29 is 9.90 Å². The third-order valence-corrected chi connectivity index (χ3v) is 0.358. The van der Waals surface area contributed by atoms with Crippen LogP contribution in [0.2, 0.25) is 0 Å². The lowest BCUT2D eigenvalue weighted by atomic mass is 10.5. The molecule has 0 aromatic carbocycles. The zero-order valence-electron chi connectivity index (χ0n) is 5.29. The molecule has 0 fully saturated rings. The largest absolute Gasteiger partial charge is 0.481 e. The molecule has 3 N–H and O–H groups in total. The molecule has 52 valence electrons. The molecule has 4 nitrogen and oxygen atoms in total. The van der Waals surface area contributed by atoms with Gasteiger partial charge in [-0.1, -0.05) is 0 Å². The Bertz CT molecular complexity index is 106. The van der Waals surface area contributed by atoms with Crippen molar-refractivity contribution in [3.8, 4) is 6.07 Å². The average molecular weight is 130 g/mol. The molecule has 9 heavy (non-hydrogen) atoms. The summed E-state index contributed by atoms with van der Waals surface area (Å²) in [5, 5.41) is 15.2. The number of nitrogens with two attached hydrogens (primary N) is 1. The second-order valence-electron chi connectivity index (χ2n) is 1.16. The minimum Gasteiger partial charge on any atom is -0.481 e. The fraction of sp³-hybridized carbons (Fsp3) is 0.600. The van der Waals surface area contributed by atoms with Crippen LogP contribution in [0.1, 0.15) is 13.3 Å². The number of hydrogen-bond acceptors (Lipinski definition) is 3. The van der Waals surface area contributed by atoms with E-state index in [1.807, 2.05) is 0 Å². The molecule has 0 unspecified atom stereocenters. The molecule has 0 saturated heterocycles. The van der Waals surface area contributed by atoms with Gasteiger partial charge in [0.25, 0.3) is 0 Å². The van der Waals surface area contributed by atoms with E-state index in [-0.39, 0.29) is 13.0 Å². The van der Waals surface area contributed by atoms with Crippen molar-refractivity contribution >= 4 is 5.97 Å². The van der Waals surface area contributed by atoms with Crippen molar-refractivity contribution in [3.05, 3.63) is 0 Å². The van der Waals surface area contributed by atoms with Crippen molar-refractivity contribution in [1.29, 1.82) is 5.26 Å². The Kier molecular flexibility index (Phi) is 12.0. The van der Waals surface area contributed by atoms with E-state index >= 15 is 0 Å². The number of carboxylic acid groups (broad SMARTS) is 1. The monoisotopic (exact) mass is 130 g/mol. The minimum atomic E-state index is -0.836. The predicted octanol–water partition coefficient (Wildman–Crippen LogP) is -0.0503. The van der Waals surface area contributed by atoms with Gasteiger partial charge in [-0.15, -0.1) is 0 Å². The Morgan fingerprint density at radius 3 is 2.22 bits per heavy atom. The molecule has 0 aromatic rings. The zero-order valence-corrected chi connectivity index (χ0v) is 5.29.